The summed E-state index contributed by atoms with van der Waals surface area (Å²) in [5.74, 6) is -0.515. The van der Waals surface area contributed by atoms with Crippen LogP contribution in [0.1, 0.15) is 52.0 Å². The van der Waals surface area contributed by atoms with Crippen LogP contribution in [0.4, 0.5) is 4.39 Å². The van der Waals surface area contributed by atoms with E-state index in [1.807, 2.05) is 31.3 Å². The number of rotatable bonds is 6. The van der Waals surface area contributed by atoms with Crippen molar-refractivity contribution in [2.75, 3.05) is 13.7 Å². The Labute approximate surface area is 213 Å². The largest absolute Gasteiger partial charge is 0.496 e. The van der Waals surface area contributed by atoms with E-state index in [-0.39, 0.29) is 29.9 Å². The molecule has 0 saturated carbocycles. The summed E-state index contributed by atoms with van der Waals surface area (Å²) in [6.45, 7) is 3.09. The van der Waals surface area contributed by atoms with Gasteiger partial charge in [0.1, 0.15) is 5.75 Å². The van der Waals surface area contributed by atoms with Gasteiger partial charge in [0.15, 0.2) is 5.82 Å². The number of fused-ring (bicyclic) bond motifs is 1. The fourth-order valence-electron chi connectivity index (χ4n) is 5.23. The summed E-state index contributed by atoms with van der Waals surface area (Å²) in [6, 6.07) is 11.0. The molecule has 5 rings (SSSR count). The van der Waals surface area contributed by atoms with E-state index in [4.69, 9.17) is 14.6 Å². The highest BCUT2D eigenvalue weighted by atomic mass is 19.1. The Morgan fingerprint density at radius 1 is 1.32 bits per heavy atom. The van der Waals surface area contributed by atoms with Gasteiger partial charge in [-0.3, -0.25) is 14.4 Å². The number of hydrogen-bond acceptors (Lipinski definition) is 5. The number of halogens is 1. The summed E-state index contributed by atoms with van der Waals surface area (Å²) in [6.07, 6.45) is 5.95. The van der Waals surface area contributed by atoms with E-state index in [1.54, 1.807) is 23.9 Å². The van der Waals surface area contributed by atoms with Gasteiger partial charge in [0.05, 0.1) is 31.1 Å². The minimum absolute atomic E-state index is 0.0280. The summed E-state index contributed by atoms with van der Waals surface area (Å²) in [5.41, 5.74) is 4.27. The van der Waals surface area contributed by atoms with Gasteiger partial charge in [-0.15, -0.1) is 0 Å². The van der Waals surface area contributed by atoms with Crippen LogP contribution in [0, 0.1) is 12.7 Å². The number of benzene rings is 2. The number of carbonyl (C=O) groups is 2. The van der Waals surface area contributed by atoms with Crippen molar-refractivity contribution in [1.29, 1.82) is 0 Å². The molecule has 10 heteroatoms. The predicted octanol–water partition coefficient (Wildman–Crippen LogP) is 4.80. The number of ether oxygens (including phenoxy) is 1. The molecule has 2 atom stereocenters. The molecule has 1 saturated heterocycles. The molecular weight excluding hydrogens is 479 g/mol. The van der Waals surface area contributed by atoms with E-state index in [0.29, 0.717) is 19.5 Å². The summed E-state index contributed by atoms with van der Waals surface area (Å²) in [4.78, 5) is 26.0. The molecule has 1 fully saturated rings. The number of likely N-dealkylation sites (tertiary alicyclic amines) is 1. The first kappa shape index (κ1) is 25.9. The standard InChI is InChI=1S/C26H27FN4O3.CH2O2/c1-16-11-24(34-2)22(20-7-9-28-25(16)20)15-30-10-8-18(31-14-17(27)13-29-31)12-23(30)19-5-3-4-6-21(19)26(32)33;2-1-3/h3-7,9,11,13-14,18,23,28H,8,10,12,15H2,1-2H3,(H,32,33);1H,(H,2,3). The van der Waals surface area contributed by atoms with E-state index in [2.05, 4.69) is 21.0 Å². The predicted molar refractivity (Wildman–Crippen MR) is 135 cm³/mol. The van der Waals surface area contributed by atoms with Crippen molar-refractivity contribution in [1.82, 2.24) is 19.7 Å². The second-order valence-electron chi connectivity index (χ2n) is 8.94. The average molecular weight is 509 g/mol. The van der Waals surface area contributed by atoms with Crippen LogP contribution in [0.2, 0.25) is 0 Å². The molecular formula is C27H29FN4O5. The monoisotopic (exact) mass is 508 g/mol. The van der Waals surface area contributed by atoms with Crippen molar-refractivity contribution in [2.45, 2.75) is 38.4 Å². The molecule has 0 bridgehead atoms. The van der Waals surface area contributed by atoms with Crippen molar-refractivity contribution in [2.24, 2.45) is 0 Å². The summed E-state index contributed by atoms with van der Waals surface area (Å²) in [5, 5.41) is 22.0. The Balaban J connectivity index is 0.00000102. The Morgan fingerprint density at radius 3 is 2.76 bits per heavy atom. The molecule has 0 amide bonds. The topological polar surface area (TPSA) is 121 Å². The number of aromatic amines is 1. The first-order valence-corrected chi connectivity index (χ1v) is 11.8. The lowest BCUT2D eigenvalue weighted by molar-refractivity contribution is -0.122. The number of aromatic carboxylic acids is 1. The van der Waals surface area contributed by atoms with Gasteiger partial charge in [0.2, 0.25) is 0 Å². The Morgan fingerprint density at radius 2 is 2.08 bits per heavy atom. The molecule has 3 heterocycles. The molecule has 1 aliphatic heterocycles. The zero-order valence-corrected chi connectivity index (χ0v) is 20.6. The minimum Gasteiger partial charge on any atom is -0.496 e. The number of H-pyrrole nitrogens is 1. The maximum atomic E-state index is 13.7. The van der Waals surface area contributed by atoms with Crippen molar-refractivity contribution in [3.8, 4) is 5.75 Å². The second-order valence-corrected chi connectivity index (χ2v) is 8.94. The highest BCUT2D eigenvalue weighted by Crippen LogP contribution is 2.41. The van der Waals surface area contributed by atoms with Crippen LogP contribution in [0.25, 0.3) is 10.9 Å². The third kappa shape index (κ3) is 5.34. The van der Waals surface area contributed by atoms with E-state index in [9.17, 15) is 14.3 Å². The average Bonchev–Trinajstić information content (AvgIpc) is 3.56. The zero-order chi connectivity index (χ0) is 26.5. The van der Waals surface area contributed by atoms with Crippen LogP contribution in [-0.4, -0.2) is 56.0 Å². The third-order valence-electron chi connectivity index (χ3n) is 6.87. The summed E-state index contributed by atoms with van der Waals surface area (Å²) >= 11 is 0. The quantitative estimate of drug-likeness (QED) is 0.320. The number of piperidine rings is 1. The molecule has 9 nitrogen and oxygen atoms in total. The van der Waals surface area contributed by atoms with Crippen LogP contribution in [-0.2, 0) is 11.3 Å². The van der Waals surface area contributed by atoms with Crippen LogP contribution in [0.15, 0.2) is 55.0 Å². The molecule has 4 aromatic rings. The molecule has 37 heavy (non-hydrogen) atoms. The lowest BCUT2D eigenvalue weighted by atomic mass is 9.88. The van der Waals surface area contributed by atoms with E-state index in [1.165, 1.54) is 12.4 Å². The molecule has 2 unspecified atom stereocenters. The van der Waals surface area contributed by atoms with Crippen LogP contribution < -0.4 is 4.74 Å². The number of aryl methyl sites for hydroxylation is 1. The molecule has 0 spiro atoms. The molecule has 2 aromatic carbocycles. The number of methoxy groups -OCH3 is 1. The number of carboxylic acids is 1. The fourth-order valence-corrected chi connectivity index (χ4v) is 5.23. The van der Waals surface area contributed by atoms with E-state index < -0.39 is 5.97 Å². The van der Waals surface area contributed by atoms with Gasteiger partial charge in [-0.2, -0.15) is 5.10 Å². The van der Waals surface area contributed by atoms with Gasteiger partial charge in [-0.25, -0.2) is 9.18 Å². The van der Waals surface area contributed by atoms with Crippen molar-refractivity contribution < 1.29 is 28.9 Å². The van der Waals surface area contributed by atoms with E-state index >= 15 is 0 Å². The Hall–Kier alpha value is -4.18. The Bertz CT molecular complexity index is 1400. The van der Waals surface area contributed by atoms with Crippen LogP contribution in [0.3, 0.4) is 0 Å². The smallest absolute Gasteiger partial charge is 0.336 e. The van der Waals surface area contributed by atoms with Crippen LogP contribution >= 0.6 is 0 Å². The molecule has 0 radical (unpaired) electrons. The minimum atomic E-state index is -0.955. The third-order valence-corrected chi connectivity index (χ3v) is 6.87. The maximum Gasteiger partial charge on any atom is 0.336 e. The van der Waals surface area contributed by atoms with Gasteiger partial charge < -0.3 is 19.9 Å². The zero-order valence-electron chi connectivity index (χ0n) is 20.6. The van der Waals surface area contributed by atoms with Crippen LogP contribution in [0.5, 0.6) is 5.75 Å². The SMILES string of the molecule is COc1cc(C)c2[nH]ccc2c1CN1CCC(n2cc(F)cn2)CC1c1ccccc1C(=O)O.O=CO. The van der Waals surface area contributed by atoms with Gasteiger partial charge in [-0.1, -0.05) is 18.2 Å². The number of nitrogens with one attached hydrogen (secondary N) is 1. The second kappa shape index (κ2) is 11.3. The molecule has 0 aliphatic carbocycles. The molecule has 1 aliphatic rings. The summed E-state index contributed by atoms with van der Waals surface area (Å²) in [7, 11) is 1.67. The van der Waals surface area contributed by atoms with Gasteiger partial charge in [0, 0.05) is 41.8 Å². The van der Waals surface area contributed by atoms with Crippen molar-refractivity contribution >= 4 is 23.3 Å². The lowest BCUT2D eigenvalue weighted by Gasteiger charge is -2.40. The normalized spacial score (nSPS) is 17.7. The maximum absolute atomic E-state index is 13.7. The molecule has 194 valence electrons. The Kier molecular flexibility index (Phi) is 7.88. The van der Waals surface area contributed by atoms with Crippen molar-refractivity contribution in [3.63, 3.8) is 0 Å². The highest BCUT2D eigenvalue weighted by molar-refractivity contribution is 5.90. The lowest BCUT2D eigenvalue weighted by Crippen LogP contribution is -2.38. The molecule has 2 aromatic heterocycles. The molecule has 3 N–H and O–H groups in total. The van der Waals surface area contributed by atoms with Gasteiger partial charge >= 0.3 is 5.97 Å². The van der Waals surface area contributed by atoms with E-state index in [0.717, 1.165) is 39.8 Å². The summed E-state index contributed by atoms with van der Waals surface area (Å²) < 4.78 is 21.1. The first-order chi connectivity index (χ1) is 17.9. The van der Waals surface area contributed by atoms with Gasteiger partial charge in [-0.05, 0) is 49.1 Å². The number of hydrogen-bond donors (Lipinski definition) is 3. The van der Waals surface area contributed by atoms with Crippen molar-refractivity contribution in [3.05, 3.63) is 83.1 Å². The van der Waals surface area contributed by atoms with Gasteiger partial charge in [0.25, 0.3) is 6.47 Å². The number of aromatic nitrogens is 3. The number of carboxylic acid groups (broad SMARTS) is 2. The fraction of sp³-hybridized carbons (Fsp3) is 0.296. The first-order valence-electron chi connectivity index (χ1n) is 11.8. The highest BCUT2D eigenvalue weighted by Gasteiger charge is 2.34. The number of nitrogens with zero attached hydrogens (tertiary/aromatic N) is 3.